The van der Waals surface area contributed by atoms with E-state index in [1.807, 2.05) is 20.8 Å². The number of hydrogen-bond donors (Lipinski definition) is 1. The second-order valence-corrected chi connectivity index (χ2v) is 7.20. The molecule has 26 heavy (non-hydrogen) atoms. The van der Waals surface area contributed by atoms with Crippen LogP contribution in [0, 0.1) is 32.4 Å². The molecule has 0 aliphatic rings. The maximum absolute atomic E-state index is 13.7. The highest BCUT2D eigenvalue weighted by molar-refractivity contribution is 8.00. The number of aromatic nitrogens is 4. The molecular weight excluding hydrogens is 360 g/mol. The van der Waals surface area contributed by atoms with Crippen LogP contribution in [0.15, 0.2) is 23.4 Å². The zero-order valence-corrected chi connectivity index (χ0v) is 15.5. The number of carbonyl (C=O) groups excluding carboxylic acids is 1. The van der Waals surface area contributed by atoms with Crippen LogP contribution in [-0.4, -0.2) is 30.7 Å². The van der Waals surface area contributed by atoms with Crippen LogP contribution in [-0.2, 0) is 4.79 Å². The van der Waals surface area contributed by atoms with Gasteiger partial charge < -0.3 is 5.32 Å². The van der Waals surface area contributed by atoms with Crippen LogP contribution < -0.4 is 5.32 Å². The maximum atomic E-state index is 13.7. The molecule has 2 heterocycles. The lowest BCUT2D eigenvalue weighted by Gasteiger charge is -2.10. The number of nitrogens with one attached hydrogen (secondary N) is 1. The minimum Gasteiger partial charge on any atom is -0.323 e. The molecule has 1 N–H and O–H groups in total. The molecule has 1 amide bonds. The fraction of sp³-hybridized carbons (Fsp3) is 0.294. The molecule has 0 fully saturated rings. The molecule has 3 aromatic rings. The number of rotatable bonds is 4. The summed E-state index contributed by atoms with van der Waals surface area (Å²) >= 11 is 1.12. The Labute approximate surface area is 153 Å². The number of aryl methyl sites for hydroxylation is 2. The van der Waals surface area contributed by atoms with E-state index < -0.39 is 22.8 Å². The van der Waals surface area contributed by atoms with Crippen LogP contribution in [0.2, 0.25) is 0 Å². The van der Waals surface area contributed by atoms with Crippen LogP contribution in [0.5, 0.6) is 0 Å². The van der Waals surface area contributed by atoms with E-state index in [4.69, 9.17) is 0 Å². The topological polar surface area (TPSA) is 72.2 Å². The molecular formula is C17H17F2N5OS. The van der Waals surface area contributed by atoms with Gasteiger partial charge in [0, 0.05) is 17.5 Å². The summed E-state index contributed by atoms with van der Waals surface area (Å²) in [6.45, 7) is 7.41. The Bertz CT molecular complexity index is 1000. The summed E-state index contributed by atoms with van der Waals surface area (Å²) in [6, 6.07) is 2.89. The monoisotopic (exact) mass is 377 g/mol. The number of nitrogens with zero attached hydrogens (tertiary/aromatic N) is 4. The highest BCUT2D eigenvalue weighted by Crippen LogP contribution is 2.23. The Hall–Kier alpha value is -2.55. The number of hydrogen-bond acceptors (Lipinski definition) is 5. The summed E-state index contributed by atoms with van der Waals surface area (Å²) in [7, 11) is 0. The predicted molar refractivity (Wildman–Crippen MR) is 95.3 cm³/mol. The summed E-state index contributed by atoms with van der Waals surface area (Å²) < 4.78 is 28.5. The van der Waals surface area contributed by atoms with Crippen molar-refractivity contribution in [2.45, 2.75) is 38.1 Å². The molecule has 1 unspecified atom stereocenters. The maximum Gasteiger partial charge on any atom is 0.253 e. The second-order valence-electron chi connectivity index (χ2n) is 5.89. The lowest BCUT2D eigenvalue weighted by Crippen LogP contribution is -2.23. The second kappa shape index (κ2) is 6.99. The third kappa shape index (κ3) is 3.52. The average molecular weight is 377 g/mol. The quantitative estimate of drug-likeness (QED) is 0.705. The van der Waals surface area contributed by atoms with Crippen molar-refractivity contribution in [2.24, 2.45) is 0 Å². The van der Waals surface area contributed by atoms with Gasteiger partial charge in [-0.1, -0.05) is 11.8 Å². The van der Waals surface area contributed by atoms with E-state index in [2.05, 4.69) is 20.4 Å². The summed E-state index contributed by atoms with van der Waals surface area (Å²) in [4.78, 5) is 21.0. The number of benzene rings is 1. The van der Waals surface area contributed by atoms with Crippen molar-refractivity contribution in [2.75, 3.05) is 5.32 Å². The first-order chi connectivity index (χ1) is 12.3. The predicted octanol–water partition coefficient (Wildman–Crippen LogP) is 3.45. The number of halogens is 2. The Kier molecular flexibility index (Phi) is 4.90. The standard InChI is InChI=1S/C17H17F2N5OS/c1-8-9(2)20-16-22-17(23-24(16)10(8)3)26-11(4)15(25)21-14-7-12(18)5-6-13(14)19/h5-7,11H,1-4H3,(H,21,25). The number of thioether (sulfide) groups is 1. The van der Waals surface area contributed by atoms with Crippen LogP contribution >= 0.6 is 11.8 Å². The van der Waals surface area contributed by atoms with Gasteiger partial charge in [0.1, 0.15) is 11.6 Å². The van der Waals surface area contributed by atoms with Gasteiger partial charge in [0.2, 0.25) is 11.1 Å². The van der Waals surface area contributed by atoms with Crippen molar-refractivity contribution in [3.63, 3.8) is 0 Å². The molecule has 0 saturated carbocycles. The largest absolute Gasteiger partial charge is 0.323 e. The molecule has 0 aliphatic heterocycles. The minimum atomic E-state index is -0.700. The third-order valence-corrected chi connectivity index (χ3v) is 5.03. The number of carbonyl (C=O) groups is 1. The van der Waals surface area contributed by atoms with Crippen LogP contribution in [0.4, 0.5) is 14.5 Å². The SMILES string of the molecule is Cc1nc2nc(SC(C)C(=O)Nc3cc(F)ccc3F)nn2c(C)c1C. The van der Waals surface area contributed by atoms with Crippen molar-refractivity contribution < 1.29 is 13.6 Å². The lowest BCUT2D eigenvalue weighted by molar-refractivity contribution is -0.115. The summed E-state index contributed by atoms with van der Waals surface area (Å²) in [5.41, 5.74) is 2.61. The van der Waals surface area contributed by atoms with Gasteiger partial charge in [-0.25, -0.2) is 18.3 Å². The van der Waals surface area contributed by atoms with E-state index in [0.29, 0.717) is 10.9 Å². The molecule has 0 saturated heterocycles. The van der Waals surface area contributed by atoms with Crippen molar-refractivity contribution in [3.8, 4) is 0 Å². The van der Waals surface area contributed by atoms with Crippen LogP contribution in [0.1, 0.15) is 23.9 Å². The molecule has 0 radical (unpaired) electrons. The highest BCUT2D eigenvalue weighted by Gasteiger charge is 2.20. The number of fused-ring (bicyclic) bond motifs is 1. The van der Waals surface area contributed by atoms with Crippen LogP contribution in [0.25, 0.3) is 5.78 Å². The van der Waals surface area contributed by atoms with E-state index in [1.54, 1.807) is 11.4 Å². The van der Waals surface area contributed by atoms with E-state index >= 15 is 0 Å². The molecule has 136 valence electrons. The Balaban J connectivity index is 1.78. The van der Waals surface area contributed by atoms with E-state index in [0.717, 1.165) is 46.9 Å². The summed E-state index contributed by atoms with van der Waals surface area (Å²) in [5, 5.41) is 6.52. The minimum absolute atomic E-state index is 0.200. The van der Waals surface area contributed by atoms with Gasteiger partial charge in [0.25, 0.3) is 5.78 Å². The molecule has 1 atom stereocenters. The van der Waals surface area contributed by atoms with E-state index in [1.165, 1.54) is 0 Å². The zero-order chi connectivity index (χ0) is 19.0. The summed E-state index contributed by atoms with van der Waals surface area (Å²) in [6.07, 6.45) is 0. The number of anilines is 1. The van der Waals surface area contributed by atoms with Gasteiger partial charge >= 0.3 is 0 Å². The van der Waals surface area contributed by atoms with Gasteiger partial charge in [0.05, 0.1) is 10.9 Å². The zero-order valence-electron chi connectivity index (χ0n) is 14.7. The fourth-order valence-electron chi connectivity index (χ4n) is 2.33. The molecule has 0 aliphatic carbocycles. The van der Waals surface area contributed by atoms with E-state index in [9.17, 15) is 13.6 Å². The molecule has 0 bridgehead atoms. The molecule has 0 spiro atoms. The first-order valence-corrected chi connectivity index (χ1v) is 8.77. The fourth-order valence-corrected chi connectivity index (χ4v) is 3.07. The average Bonchev–Trinajstić information content (AvgIpc) is 2.98. The lowest BCUT2D eigenvalue weighted by atomic mass is 10.2. The molecule has 2 aromatic heterocycles. The van der Waals surface area contributed by atoms with Crippen LogP contribution in [0.3, 0.4) is 0 Å². The van der Waals surface area contributed by atoms with Crippen molar-refractivity contribution in [1.29, 1.82) is 0 Å². The Morgan fingerprint density at radius 3 is 2.69 bits per heavy atom. The molecule has 9 heteroatoms. The molecule has 6 nitrogen and oxygen atoms in total. The smallest absolute Gasteiger partial charge is 0.253 e. The molecule has 1 aromatic carbocycles. The van der Waals surface area contributed by atoms with Gasteiger partial charge in [-0.05, 0) is 45.4 Å². The van der Waals surface area contributed by atoms with Gasteiger partial charge in [0.15, 0.2) is 0 Å². The number of amides is 1. The normalized spacial score (nSPS) is 12.4. The van der Waals surface area contributed by atoms with Crippen molar-refractivity contribution in [3.05, 3.63) is 46.8 Å². The van der Waals surface area contributed by atoms with Gasteiger partial charge in [-0.2, -0.15) is 4.98 Å². The molecule has 3 rings (SSSR count). The first kappa shape index (κ1) is 18.2. The first-order valence-electron chi connectivity index (χ1n) is 7.89. The van der Waals surface area contributed by atoms with Crippen molar-refractivity contribution in [1.82, 2.24) is 19.6 Å². The van der Waals surface area contributed by atoms with E-state index in [-0.39, 0.29) is 5.69 Å². The van der Waals surface area contributed by atoms with Crippen molar-refractivity contribution >= 4 is 29.1 Å². The Morgan fingerprint density at radius 2 is 1.96 bits per heavy atom. The highest BCUT2D eigenvalue weighted by atomic mass is 32.2. The van der Waals surface area contributed by atoms with Gasteiger partial charge in [-0.15, -0.1) is 5.10 Å². The third-order valence-electron chi connectivity index (χ3n) is 4.08. The summed E-state index contributed by atoms with van der Waals surface area (Å²) in [5.74, 6) is -1.35. The Morgan fingerprint density at radius 1 is 1.23 bits per heavy atom. The van der Waals surface area contributed by atoms with Gasteiger partial charge in [-0.3, -0.25) is 4.79 Å².